The molecule has 3 aliphatic heterocycles. The van der Waals surface area contributed by atoms with Crippen LogP contribution in [0.5, 0.6) is 0 Å². The number of hydrogen-bond donors (Lipinski definition) is 6. The molecule has 5 heterocycles. The summed E-state index contributed by atoms with van der Waals surface area (Å²) in [7, 11) is 0.237. The second kappa shape index (κ2) is 15.2. The minimum atomic E-state index is -2.82. The van der Waals surface area contributed by atoms with Crippen molar-refractivity contribution in [2.75, 3.05) is 30.6 Å². The highest BCUT2D eigenvalue weighted by atomic mass is 33.1. The molecule has 0 aromatic carbocycles. The van der Waals surface area contributed by atoms with Gasteiger partial charge in [0, 0.05) is 39.7 Å². The summed E-state index contributed by atoms with van der Waals surface area (Å²) in [6.45, 7) is 4.40. The number of nitrogens with one attached hydrogen (secondary N) is 4. The lowest BCUT2D eigenvalue weighted by Crippen LogP contribution is -2.37. The number of fused-ring (bicyclic) bond motifs is 2. The van der Waals surface area contributed by atoms with Gasteiger partial charge in [-0.05, 0) is 26.7 Å². The number of nitrogen functional groups attached to an aromatic ring is 1. The Balaban J connectivity index is 1.02. The molecular formula is C25H38N8O8PS3+. The van der Waals surface area contributed by atoms with E-state index in [1.165, 1.54) is 17.1 Å². The molecule has 20 heteroatoms. The Labute approximate surface area is 272 Å². The monoisotopic (exact) mass is 705 g/mol. The number of carbonyl (C=O) groups excluding carboxylic acids is 2. The van der Waals surface area contributed by atoms with Crippen molar-refractivity contribution in [3.63, 3.8) is 0 Å². The van der Waals surface area contributed by atoms with Crippen LogP contribution in [-0.4, -0.2) is 95.5 Å². The van der Waals surface area contributed by atoms with Gasteiger partial charge in [0.05, 0.1) is 24.5 Å². The molecule has 3 saturated heterocycles. The average Bonchev–Trinajstić information content (AvgIpc) is 3.75. The fraction of sp³-hybridized carbons (Fsp3) is 0.720. The zero-order chi connectivity index (χ0) is 32.1. The van der Waals surface area contributed by atoms with Crippen LogP contribution in [0.2, 0.25) is 0 Å². The van der Waals surface area contributed by atoms with E-state index < -0.39 is 32.2 Å². The largest absolute Gasteiger partial charge is 0.694 e. The highest BCUT2D eigenvalue weighted by Crippen LogP contribution is 2.38. The Bertz CT molecular complexity index is 1450. The number of ether oxygens (including phenoxy) is 2. The molecular weight excluding hydrogens is 667 g/mol. The number of imidazole rings is 1. The van der Waals surface area contributed by atoms with Crippen molar-refractivity contribution >= 4 is 70.7 Å². The number of nitrogens with two attached hydrogens (primary N) is 1. The van der Waals surface area contributed by atoms with Gasteiger partial charge >= 0.3 is 14.3 Å². The maximum Gasteiger partial charge on any atom is 0.694 e. The fourth-order valence-corrected chi connectivity index (χ4v) is 9.48. The highest BCUT2D eigenvalue weighted by Gasteiger charge is 2.43. The van der Waals surface area contributed by atoms with Crippen molar-refractivity contribution in [3.8, 4) is 0 Å². The first-order chi connectivity index (χ1) is 21.5. The lowest BCUT2D eigenvalue weighted by atomic mass is 10.0. The smallest absolute Gasteiger partial charge is 0.369 e. The van der Waals surface area contributed by atoms with Crippen molar-refractivity contribution < 1.29 is 33.0 Å². The maximum absolute atomic E-state index is 12.5. The first kappa shape index (κ1) is 34.2. The zero-order valence-electron chi connectivity index (χ0n) is 24.8. The van der Waals surface area contributed by atoms with E-state index in [0.717, 1.165) is 25.0 Å². The van der Waals surface area contributed by atoms with Crippen LogP contribution in [0.25, 0.3) is 11.2 Å². The van der Waals surface area contributed by atoms with E-state index in [0.29, 0.717) is 24.6 Å². The molecule has 0 radical (unpaired) electrons. The first-order valence-electron chi connectivity index (χ1n) is 14.5. The molecule has 2 aromatic rings. The molecule has 0 aliphatic carbocycles. The van der Waals surface area contributed by atoms with Gasteiger partial charge in [0.15, 0.2) is 11.2 Å². The molecule has 0 saturated carbocycles. The zero-order valence-corrected chi connectivity index (χ0v) is 28.1. The van der Waals surface area contributed by atoms with Gasteiger partial charge in [0.25, 0.3) is 5.56 Å². The van der Waals surface area contributed by atoms with Gasteiger partial charge in [-0.2, -0.15) is 16.7 Å². The summed E-state index contributed by atoms with van der Waals surface area (Å²) in [5.41, 5.74) is 5.61. The summed E-state index contributed by atoms with van der Waals surface area (Å²) in [6.07, 6.45) is 3.20. The van der Waals surface area contributed by atoms with Crippen LogP contribution in [0.3, 0.4) is 0 Å². The molecule has 0 bridgehead atoms. The molecule has 7 atom stereocenters. The van der Waals surface area contributed by atoms with Crippen LogP contribution in [0.4, 0.5) is 10.7 Å². The van der Waals surface area contributed by atoms with Gasteiger partial charge in [-0.25, -0.2) is 9.78 Å². The minimum Gasteiger partial charge on any atom is -0.369 e. The lowest BCUT2D eigenvalue weighted by Gasteiger charge is -2.24. The van der Waals surface area contributed by atoms with Crippen LogP contribution in [0, 0.1) is 0 Å². The number of nitrogens with zero attached hydrogens (tertiary/aromatic N) is 3. The topological polar surface area (TPSA) is 225 Å². The Kier molecular flexibility index (Phi) is 11.6. The summed E-state index contributed by atoms with van der Waals surface area (Å²) in [4.78, 5) is 56.1. The molecule has 248 valence electrons. The van der Waals surface area contributed by atoms with E-state index in [-0.39, 0.29) is 58.4 Å². The van der Waals surface area contributed by atoms with E-state index in [1.807, 2.05) is 25.6 Å². The molecule has 5 unspecified atom stereocenters. The van der Waals surface area contributed by atoms with Crippen LogP contribution in [-0.2, 0) is 23.4 Å². The Morgan fingerprint density at radius 3 is 2.98 bits per heavy atom. The standard InChI is InChI=1S/C25H37N8O8PS3/c1-25(2,10-27-17(34)6-4-3-5-16-19-13(9-43-16)29-24(36)30-19)45-44-12-39-14-7-18(41-15(14)8-40-42(37)38)33-11-28-20-21(33)31-23(26)32-22(20)35/h11,13-16,18-19H,3-10,12H2,1-2H3,(H6-,26,27,29,30,31,32,34,35,36,37,38)/p+1/t13?,14?,15-,16?,18-,19?/m1/s1. The van der Waals surface area contributed by atoms with Crippen molar-refractivity contribution in [3.05, 3.63) is 16.7 Å². The maximum atomic E-state index is 12.5. The number of H-pyrrole nitrogens is 1. The molecule has 3 fully saturated rings. The number of hydrogen-bond acceptors (Lipinski definition) is 13. The second-order valence-corrected chi connectivity index (χ2v) is 16.6. The van der Waals surface area contributed by atoms with Crippen LogP contribution >= 0.6 is 41.6 Å². The predicted octanol–water partition coefficient (Wildman–Crippen LogP) is 2.00. The van der Waals surface area contributed by atoms with Gasteiger partial charge in [-0.15, -0.1) is 9.42 Å². The number of unbranched alkanes of at least 4 members (excludes halogenated alkanes) is 1. The van der Waals surface area contributed by atoms with Gasteiger partial charge in [0.2, 0.25) is 11.9 Å². The number of urea groups is 1. The van der Waals surface area contributed by atoms with Gasteiger partial charge < -0.3 is 31.2 Å². The van der Waals surface area contributed by atoms with E-state index in [2.05, 4.69) is 30.9 Å². The number of thioether (sulfide) groups is 1. The normalized spacial score (nSPS) is 26.6. The number of amides is 3. The predicted molar refractivity (Wildman–Crippen MR) is 173 cm³/mol. The molecule has 2 aromatic heterocycles. The van der Waals surface area contributed by atoms with E-state index in [9.17, 15) is 18.9 Å². The molecule has 5 rings (SSSR count). The van der Waals surface area contributed by atoms with Crippen molar-refractivity contribution in [2.24, 2.45) is 0 Å². The fourth-order valence-electron chi connectivity index (χ4n) is 5.49. The quantitative estimate of drug-likeness (QED) is 0.0483. The first-order valence-corrected chi connectivity index (χ1v) is 19.0. The average molecular weight is 706 g/mol. The Morgan fingerprint density at radius 2 is 2.18 bits per heavy atom. The summed E-state index contributed by atoms with van der Waals surface area (Å²) in [6, 6.07) is 0.316. The third-order valence-corrected chi connectivity index (χ3v) is 12.5. The van der Waals surface area contributed by atoms with E-state index >= 15 is 0 Å². The van der Waals surface area contributed by atoms with Crippen LogP contribution < -0.4 is 27.2 Å². The lowest BCUT2D eigenvalue weighted by molar-refractivity contribution is -0.121. The highest BCUT2D eigenvalue weighted by molar-refractivity contribution is 8.77. The molecule has 0 spiro atoms. The third kappa shape index (κ3) is 9.03. The molecule has 16 nitrogen and oxygen atoms in total. The van der Waals surface area contributed by atoms with Crippen molar-refractivity contribution in [1.29, 1.82) is 0 Å². The summed E-state index contributed by atoms with van der Waals surface area (Å²) < 4.78 is 29.6. The summed E-state index contributed by atoms with van der Waals surface area (Å²) in [5.74, 6) is 1.18. The Morgan fingerprint density at radius 1 is 1.36 bits per heavy atom. The summed E-state index contributed by atoms with van der Waals surface area (Å²) >= 11 is 1.88. The molecule has 3 amide bonds. The number of anilines is 1. The molecule has 7 N–H and O–H groups in total. The van der Waals surface area contributed by atoms with Crippen molar-refractivity contribution in [1.82, 2.24) is 35.5 Å². The van der Waals surface area contributed by atoms with Crippen LogP contribution in [0.1, 0.15) is 52.2 Å². The van der Waals surface area contributed by atoms with E-state index in [4.69, 9.17) is 24.6 Å². The SMILES string of the molecule is CC(C)(CNC(=O)CCCCC1SCC2NC(=O)NC21)SSCOC1C[C@H](n2cnc3c(=O)[nH]c(N)nc32)O[C@@H]1CO[P+](=O)O. The summed E-state index contributed by atoms with van der Waals surface area (Å²) in [5, 5.41) is 9.38. The van der Waals surface area contributed by atoms with Crippen LogP contribution in [0.15, 0.2) is 11.1 Å². The van der Waals surface area contributed by atoms with Crippen molar-refractivity contribution in [2.45, 2.75) is 86.5 Å². The second-order valence-electron chi connectivity index (χ2n) is 11.6. The number of carbonyl (C=O) groups is 2. The minimum absolute atomic E-state index is 0.0159. The molecule has 45 heavy (non-hydrogen) atoms. The number of aromatic nitrogens is 4. The van der Waals surface area contributed by atoms with Gasteiger partial charge in [-0.1, -0.05) is 28.0 Å². The molecule has 3 aliphatic rings. The van der Waals surface area contributed by atoms with Gasteiger partial charge in [0.1, 0.15) is 24.9 Å². The third-order valence-electron chi connectivity index (χ3n) is 7.70. The number of rotatable bonds is 16. The number of aromatic amines is 1. The Hall–Kier alpha value is -2.12. The van der Waals surface area contributed by atoms with Gasteiger partial charge in [-0.3, -0.25) is 19.1 Å². The van der Waals surface area contributed by atoms with E-state index in [1.54, 1.807) is 15.4 Å².